The highest BCUT2D eigenvalue weighted by atomic mass is 19.4. The van der Waals surface area contributed by atoms with Crippen LogP contribution in [0.5, 0.6) is 0 Å². The van der Waals surface area contributed by atoms with E-state index >= 15 is 0 Å². The average molecular weight is 229 g/mol. The fraction of sp³-hybridized carbons (Fsp3) is 0.273. The quantitative estimate of drug-likeness (QED) is 0.815. The lowest BCUT2D eigenvalue weighted by Gasteiger charge is -2.07. The molecule has 5 heteroatoms. The van der Waals surface area contributed by atoms with Crippen molar-refractivity contribution in [3.63, 3.8) is 0 Å². The Bertz CT molecular complexity index is 528. The smallest absolute Gasteiger partial charge is 0.420 e. The predicted octanol–water partition coefficient (Wildman–Crippen LogP) is 3.22. The number of hydrogen-bond acceptors (Lipinski definition) is 2. The summed E-state index contributed by atoms with van der Waals surface area (Å²) in [6.45, 7) is 1.70. The van der Waals surface area contributed by atoms with Crippen LogP contribution in [-0.4, -0.2) is 0 Å². The second-order valence-electron chi connectivity index (χ2n) is 3.65. The van der Waals surface area contributed by atoms with Crippen LogP contribution in [0.15, 0.2) is 22.6 Å². The fourth-order valence-electron chi connectivity index (χ4n) is 1.67. The van der Waals surface area contributed by atoms with Gasteiger partial charge in [-0.25, -0.2) is 0 Å². The van der Waals surface area contributed by atoms with Gasteiger partial charge in [-0.05, 0) is 30.7 Å². The summed E-state index contributed by atoms with van der Waals surface area (Å²) in [6.07, 6.45) is -4.41. The van der Waals surface area contributed by atoms with Crippen molar-refractivity contribution >= 4 is 11.0 Å². The van der Waals surface area contributed by atoms with E-state index in [1.165, 1.54) is 6.07 Å². The van der Waals surface area contributed by atoms with Gasteiger partial charge in [-0.1, -0.05) is 0 Å². The Morgan fingerprint density at radius 1 is 1.25 bits per heavy atom. The first kappa shape index (κ1) is 11.0. The molecule has 2 rings (SSSR count). The van der Waals surface area contributed by atoms with Crippen LogP contribution < -0.4 is 5.73 Å². The Labute approximate surface area is 89.8 Å². The number of nitrogens with two attached hydrogens (primary N) is 1. The van der Waals surface area contributed by atoms with Crippen LogP contribution in [-0.2, 0) is 12.7 Å². The van der Waals surface area contributed by atoms with E-state index in [0.29, 0.717) is 16.7 Å². The molecule has 0 atom stereocenters. The molecule has 0 radical (unpaired) electrons. The largest absolute Gasteiger partial charge is 0.459 e. The van der Waals surface area contributed by atoms with E-state index in [-0.39, 0.29) is 12.1 Å². The normalized spacial score (nSPS) is 12.3. The van der Waals surface area contributed by atoms with Crippen LogP contribution in [0.4, 0.5) is 13.2 Å². The summed E-state index contributed by atoms with van der Waals surface area (Å²) in [4.78, 5) is 0. The summed E-state index contributed by atoms with van der Waals surface area (Å²) in [5, 5.41) is 0.438. The lowest BCUT2D eigenvalue weighted by Crippen LogP contribution is -2.05. The number of hydrogen-bond donors (Lipinski definition) is 1. The molecule has 0 spiro atoms. The Morgan fingerprint density at radius 3 is 2.50 bits per heavy atom. The van der Waals surface area contributed by atoms with Crippen molar-refractivity contribution in [1.29, 1.82) is 0 Å². The van der Waals surface area contributed by atoms with Gasteiger partial charge < -0.3 is 10.2 Å². The Hall–Kier alpha value is -1.49. The van der Waals surface area contributed by atoms with Gasteiger partial charge in [0.1, 0.15) is 11.3 Å². The molecule has 0 bridgehead atoms. The molecule has 0 fully saturated rings. The molecule has 0 unspecified atom stereocenters. The van der Waals surface area contributed by atoms with E-state index in [1.807, 2.05) is 0 Å². The Balaban J connectivity index is 2.76. The maximum atomic E-state index is 12.7. The van der Waals surface area contributed by atoms with Gasteiger partial charge in [0.2, 0.25) is 0 Å². The maximum absolute atomic E-state index is 12.7. The summed E-state index contributed by atoms with van der Waals surface area (Å²) >= 11 is 0. The fourth-order valence-corrected chi connectivity index (χ4v) is 1.67. The third-order valence-corrected chi connectivity index (χ3v) is 2.32. The SMILES string of the molecule is Cc1cc(C(F)(F)F)c2oc(CN)cc2c1. The minimum absolute atomic E-state index is 0.0883. The first-order valence-corrected chi connectivity index (χ1v) is 4.72. The molecule has 0 aliphatic carbocycles. The summed E-state index contributed by atoms with van der Waals surface area (Å²) in [6, 6.07) is 4.26. The molecule has 0 saturated heterocycles. The molecule has 16 heavy (non-hydrogen) atoms. The molecular weight excluding hydrogens is 219 g/mol. The Morgan fingerprint density at radius 2 is 1.94 bits per heavy atom. The highest BCUT2D eigenvalue weighted by molar-refractivity contribution is 5.82. The first-order chi connectivity index (χ1) is 7.41. The zero-order valence-electron chi connectivity index (χ0n) is 8.56. The second-order valence-corrected chi connectivity index (χ2v) is 3.65. The summed E-state index contributed by atoms with van der Waals surface area (Å²) in [5.41, 5.74) is 4.99. The van der Waals surface area contributed by atoms with Crippen molar-refractivity contribution in [2.75, 3.05) is 0 Å². The number of alkyl halides is 3. The molecule has 0 aliphatic heterocycles. The molecule has 0 amide bonds. The third-order valence-electron chi connectivity index (χ3n) is 2.32. The molecule has 86 valence electrons. The van der Waals surface area contributed by atoms with Crippen LogP contribution in [0, 0.1) is 6.92 Å². The van der Waals surface area contributed by atoms with Crippen LogP contribution in [0.2, 0.25) is 0 Å². The van der Waals surface area contributed by atoms with Crippen molar-refractivity contribution in [2.45, 2.75) is 19.6 Å². The summed E-state index contributed by atoms with van der Waals surface area (Å²) < 4.78 is 43.2. The molecule has 2 nitrogen and oxygen atoms in total. The predicted molar refractivity (Wildman–Crippen MR) is 53.8 cm³/mol. The topological polar surface area (TPSA) is 39.2 Å². The number of furan rings is 1. The number of fused-ring (bicyclic) bond motifs is 1. The van der Waals surface area contributed by atoms with Gasteiger partial charge in [-0.2, -0.15) is 13.2 Å². The molecular formula is C11H10F3NO. The molecule has 1 aromatic carbocycles. The monoisotopic (exact) mass is 229 g/mol. The first-order valence-electron chi connectivity index (χ1n) is 4.72. The highest BCUT2D eigenvalue weighted by Gasteiger charge is 2.34. The maximum Gasteiger partial charge on any atom is 0.420 e. The lowest BCUT2D eigenvalue weighted by atomic mass is 10.1. The van der Waals surface area contributed by atoms with Gasteiger partial charge in [-0.3, -0.25) is 0 Å². The van der Waals surface area contributed by atoms with E-state index in [9.17, 15) is 13.2 Å². The molecule has 1 heterocycles. The van der Waals surface area contributed by atoms with Crippen molar-refractivity contribution < 1.29 is 17.6 Å². The molecule has 0 aliphatic rings. The van der Waals surface area contributed by atoms with Gasteiger partial charge in [0.15, 0.2) is 0 Å². The second kappa shape index (κ2) is 3.52. The van der Waals surface area contributed by atoms with Gasteiger partial charge >= 0.3 is 6.18 Å². The van der Waals surface area contributed by atoms with E-state index in [2.05, 4.69) is 0 Å². The molecule has 1 aromatic heterocycles. The van der Waals surface area contributed by atoms with Crippen LogP contribution in [0.25, 0.3) is 11.0 Å². The van der Waals surface area contributed by atoms with Crippen LogP contribution >= 0.6 is 0 Å². The molecule has 0 saturated carbocycles. The Kier molecular flexibility index (Phi) is 2.42. The highest BCUT2D eigenvalue weighted by Crippen LogP contribution is 2.36. The number of aryl methyl sites for hydroxylation is 1. The third kappa shape index (κ3) is 1.78. The van der Waals surface area contributed by atoms with Gasteiger partial charge in [0.25, 0.3) is 0 Å². The van der Waals surface area contributed by atoms with Crippen molar-refractivity contribution in [3.05, 3.63) is 35.1 Å². The molecule has 2 N–H and O–H groups in total. The average Bonchev–Trinajstić information content (AvgIpc) is 2.57. The number of halogens is 3. The van der Waals surface area contributed by atoms with E-state index in [0.717, 1.165) is 6.07 Å². The standard InChI is InChI=1S/C11H10F3NO/c1-6-2-7-4-8(5-15)16-10(7)9(3-6)11(12,13)14/h2-4H,5,15H2,1H3. The lowest BCUT2D eigenvalue weighted by molar-refractivity contribution is -0.136. The van der Waals surface area contributed by atoms with Crippen molar-refractivity contribution in [3.8, 4) is 0 Å². The number of benzene rings is 1. The van der Waals surface area contributed by atoms with Crippen LogP contribution in [0.3, 0.4) is 0 Å². The minimum Gasteiger partial charge on any atom is -0.459 e. The summed E-state index contributed by atoms with van der Waals surface area (Å²) in [5.74, 6) is 0.353. The van der Waals surface area contributed by atoms with Gasteiger partial charge in [0, 0.05) is 5.39 Å². The zero-order chi connectivity index (χ0) is 11.9. The number of rotatable bonds is 1. The van der Waals surface area contributed by atoms with Crippen molar-refractivity contribution in [1.82, 2.24) is 0 Å². The van der Waals surface area contributed by atoms with E-state index < -0.39 is 11.7 Å². The van der Waals surface area contributed by atoms with E-state index in [1.54, 1.807) is 13.0 Å². The molecule has 2 aromatic rings. The van der Waals surface area contributed by atoms with Gasteiger partial charge in [0.05, 0.1) is 12.1 Å². The van der Waals surface area contributed by atoms with Gasteiger partial charge in [-0.15, -0.1) is 0 Å². The zero-order valence-corrected chi connectivity index (χ0v) is 8.56. The van der Waals surface area contributed by atoms with Crippen molar-refractivity contribution in [2.24, 2.45) is 5.73 Å². The summed E-state index contributed by atoms with van der Waals surface area (Å²) in [7, 11) is 0. The van der Waals surface area contributed by atoms with Crippen LogP contribution in [0.1, 0.15) is 16.9 Å². The van der Waals surface area contributed by atoms with E-state index in [4.69, 9.17) is 10.2 Å². The minimum atomic E-state index is -4.41.